The molecule has 0 spiro atoms. The molecular weight excluding hydrogens is 196 g/mol. The van der Waals surface area contributed by atoms with Crippen molar-refractivity contribution in [1.82, 2.24) is 0 Å². The molecule has 86 valence electrons. The van der Waals surface area contributed by atoms with E-state index in [1.165, 1.54) is 31.2 Å². The molecule has 0 aliphatic heterocycles. The molecule has 0 aromatic heterocycles. The molecule has 0 saturated heterocycles. The van der Waals surface area contributed by atoms with Crippen molar-refractivity contribution in [1.29, 1.82) is 0 Å². The van der Waals surface area contributed by atoms with E-state index < -0.39 is 0 Å². The van der Waals surface area contributed by atoms with E-state index >= 15 is 0 Å². The summed E-state index contributed by atoms with van der Waals surface area (Å²) in [4.78, 5) is 11.8. The number of hydrogen-bond donors (Lipinski definition) is 0. The zero-order chi connectivity index (χ0) is 11.4. The number of hydrogen-bond acceptors (Lipinski definition) is 1. The maximum Gasteiger partial charge on any atom is 0.163 e. The first-order valence-corrected chi connectivity index (χ1v) is 6.41. The van der Waals surface area contributed by atoms with Crippen LogP contribution in [0.25, 0.3) is 0 Å². The molecule has 0 amide bonds. The highest BCUT2D eigenvalue weighted by Gasteiger charge is 2.24. The van der Waals surface area contributed by atoms with Gasteiger partial charge in [-0.2, -0.15) is 0 Å². The molecule has 0 bridgehead atoms. The summed E-state index contributed by atoms with van der Waals surface area (Å²) in [6.07, 6.45) is 6.85. The first-order chi connectivity index (χ1) is 7.79. The lowest BCUT2D eigenvalue weighted by Gasteiger charge is -2.02. The van der Waals surface area contributed by atoms with Gasteiger partial charge in [-0.25, -0.2) is 0 Å². The van der Waals surface area contributed by atoms with Crippen molar-refractivity contribution in [3.63, 3.8) is 0 Å². The highest BCUT2D eigenvalue weighted by Crippen LogP contribution is 2.33. The van der Waals surface area contributed by atoms with Gasteiger partial charge in [-0.3, -0.25) is 4.79 Å². The zero-order valence-electron chi connectivity index (χ0n) is 10.0. The van der Waals surface area contributed by atoms with Crippen molar-refractivity contribution in [3.8, 4) is 0 Å². The SMILES string of the molecule is CCCCc1ccc(C(=O)CC2CC2)cc1. The Bertz CT molecular complexity index is 346. The summed E-state index contributed by atoms with van der Waals surface area (Å²) in [5.74, 6) is 1.01. The van der Waals surface area contributed by atoms with Crippen molar-refractivity contribution in [2.24, 2.45) is 5.92 Å². The predicted molar refractivity (Wildman–Crippen MR) is 66.7 cm³/mol. The highest BCUT2D eigenvalue weighted by atomic mass is 16.1. The second-order valence-corrected chi connectivity index (χ2v) is 4.87. The summed E-state index contributed by atoms with van der Waals surface area (Å²) >= 11 is 0. The Labute approximate surface area is 97.9 Å². The summed E-state index contributed by atoms with van der Waals surface area (Å²) in [6.45, 7) is 2.20. The molecule has 0 radical (unpaired) electrons. The Morgan fingerprint density at radius 2 is 1.94 bits per heavy atom. The first-order valence-electron chi connectivity index (χ1n) is 6.41. The van der Waals surface area contributed by atoms with Crippen LogP contribution in [0.5, 0.6) is 0 Å². The van der Waals surface area contributed by atoms with Gasteiger partial charge in [0.05, 0.1) is 0 Å². The molecule has 0 N–H and O–H groups in total. The van der Waals surface area contributed by atoms with Crippen LogP contribution in [0, 0.1) is 5.92 Å². The lowest BCUT2D eigenvalue weighted by atomic mass is 10.0. The summed E-state index contributed by atoms with van der Waals surface area (Å²) in [5.41, 5.74) is 2.25. The molecule has 0 atom stereocenters. The molecular formula is C15H20O. The quantitative estimate of drug-likeness (QED) is 0.656. The van der Waals surface area contributed by atoms with Gasteiger partial charge in [-0.1, -0.05) is 37.6 Å². The van der Waals surface area contributed by atoms with E-state index in [9.17, 15) is 4.79 Å². The molecule has 1 aromatic carbocycles. The van der Waals surface area contributed by atoms with E-state index in [2.05, 4.69) is 19.1 Å². The third-order valence-corrected chi connectivity index (χ3v) is 3.27. The predicted octanol–water partition coefficient (Wildman–Crippen LogP) is 4.01. The van der Waals surface area contributed by atoms with E-state index in [0.29, 0.717) is 11.7 Å². The van der Waals surface area contributed by atoms with Gasteiger partial charge < -0.3 is 0 Å². The van der Waals surface area contributed by atoms with Crippen molar-refractivity contribution >= 4 is 5.78 Å². The van der Waals surface area contributed by atoms with Gasteiger partial charge in [0.1, 0.15) is 0 Å². The average Bonchev–Trinajstić information content (AvgIpc) is 3.11. The van der Waals surface area contributed by atoms with Crippen molar-refractivity contribution in [2.75, 3.05) is 0 Å². The van der Waals surface area contributed by atoms with E-state index in [4.69, 9.17) is 0 Å². The van der Waals surface area contributed by atoms with Crippen LogP contribution in [0.3, 0.4) is 0 Å². The lowest BCUT2D eigenvalue weighted by Crippen LogP contribution is -2.00. The van der Waals surface area contributed by atoms with Crippen LogP contribution in [-0.2, 0) is 6.42 Å². The van der Waals surface area contributed by atoms with Gasteiger partial charge >= 0.3 is 0 Å². The van der Waals surface area contributed by atoms with Gasteiger partial charge in [-0.15, -0.1) is 0 Å². The van der Waals surface area contributed by atoms with Crippen molar-refractivity contribution in [3.05, 3.63) is 35.4 Å². The average molecular weight is 216 g/mol. The van der Waals surface area contributed by atoms with E-state index in [1.54, 1.807) is 0 Å². The molecule has 0 heterocycles. The minimum atomic E-state index is 0.324. The summed E-state index contributed by atoms with van der Waals surface area (Å²) in [6, 6.07) is 8.21. The Morgan fingerprint density at radius 1 is 1.25 bits per heavy atom. The van der Waals surface area contributed by atoms with Gasteiger partial charge in [-0.05, 0) is 37.2 Å². The molecule has 2 rings (SSSR count). The van der Waals surface area contributed by atoms with Crippen LogP contribution in [0.2, 0.25) is 0 Å². The fraction of sp³-hybridized carbons (Fsp3) is 0.533. The van der Waals surface area contributed by atoms with Gasteiger partial charge in [0.2, 0.25) is 0 Å². The lowest BCUT2D eigenvalue weighted by molar-refractivity contribution is 0.0976. The van der Waals surface area contributed by atoms with Gasteiger partial charge in [0, 0.05) is 12.0 Å². The highest BCUT2D eigenvalue weighted by molar-refractivity contribution is 5.96. The van der Waals surface area contributed by atoms with Gasteiger partial charge in [0.15, 0.2) is 5.78 Å². The van der Waals surface area contributed by atoms with E-state index in [0.717, 1.165) is 18.4 Å². The minimum Gasteiger partial charge on any atom is -0.294 e. The summed E-state index contributed by atoms with van der Waals surface area (Å²) < 4.78 is 0. The van der Waals surface area contributed by atoms with Crippen LogP contribution in [0.15, 0.2) is 24.3 Å². The van der Waals surface area contributed by atoms with Crippen molar-refractivity contribution < 1.29 is 4.79 Å². The molecule has 1 aromatic rings. The van der Waals surface area contributed by atoms with E-state index in [-0.39, 0.29) is 0 Å². The monoisotopic (exact) mass is 216 g/mol. The summed E-state index contributed by atoms with van der Waals surface area (Å²) in [7, 11) is 0. The largest absolute Gasteiger partial charge is 0.294 e. The molecule has 1 aliphatic carbocycles. The number of carbonyl (C=O) groups excluding carboxylic acids is 1. The third kappa shape index (κ3) is 3.19. The van der Waals surface area contributed by atoms with Crippen LogP contribution in [0.4, 0.5) is 0 Å². The fourth-order valence-electron chi connectivity index (χ4n) is 1.94. The Kier molecular flexibility index (Phi) is 3.76. The van der Waals surface area contributed by atoms with Gasteiger partial charge in [0.25, 0.3) is 0 Å². The second kappa shape index (κ2) is 5.29. The zero-order valence-corrected chi connectivity index (χ0v) is 10.0. The molecule has 0 unspecified atom stereocenters. The number of Topliss-reactive ketones (excluding diaryl/α,β-unsaturated/α-hetero) is 1. The van der Waals surface area contributed by atoms with Crippen LogP contribution in [-0.4, -0.2) is 5.78 Å². The normalized spacial score (nSPS) is 15.1. The molecule has 1 heteroatoms. The number of carbonyl (C=O) groups is 1. The number of unbranched alkanes of at least 4 members (excludes halogenated alkanes) is 1. The summed E-state index contributed by atoms with van der Waals surface area (Å²) in [5, 5.41) is 0. The van der Waals surface area contributed by atoms with Crippen LogP contribution in [0.1, 0.15) is 54.9 Å². The smallest absolute Gasteiger partial charge is 0.163 e. The second-order valence-electron chi connectivity index (χ2n) is 4.87. The van der Waals surface area contributed by atoms with E-state index in [1.807, 2.05) is 12.1 Å². The number of ketones is 1. The standard InChI is InChI=1S/C15H20O/c1-2-3-4-12-7-9-14(10-8-12)15(16)11-13-5-6-13/h7-10,13H,2-6,11H2,1H3. The maximum absolute atomic E-state index is 11.8. The topological polar surface area (TPSA) is 17.1 Å². The maximum atomic E-state index is 11.8. The Balaban J connectivity index is 1.92. The van der Waals surface area contributed by atoms with Crippen molar-refractivity contribution in [2.45, 2.75) is 45.4 Å². The molecule has 1 fully saturated rings. The molecule has 1 nitrogen and oxygen atoms in total. The minimum absolute atomic E-state index is 0.324. The molecule has 16 heavy (non-hydrogen) atoms. The van der Waals surface area contributed by atoms with Crippen LogP contribution < -0.4 is 0 Å². The Morgan fingerprint density at radius 3 is 2.50 bits per heavy atom. The number of aryl methyl sites for hydroxylation is 1. The fourth-order valence-corrected chi connectivity index (χ4v) is 1.94. The first kappa shape index (κ1) is 11.4. The molecule has 1 saturated carbocycles. The molecule has 1 aliphatic rings. The number of rotatable bonds is 6. The third-order valence-electron chi connectivity index (χ3n) is 3.27. The number of benzene rings is 1. The van der Waals surface area contributed by atoms with Crippen LogP contribution >= 0.6 is 0 Å². The Hall–Kier alpha value is -1.11.